The third-order valence-electron chi connectivity index (χ3n) is 3.95. The number of hydrogen-bond donors (Lipinski definition) is 2. The molecule has 0 atom stereocenters. The predicted octanol–water partition coefficient (Wildman–Crippen LogP) is 2.83. The van der Waals surface area contributed by atoms with Gasteiger partial charge in [-0.2, -0.15) is 0 Å². The fourth-order valence-electron chi connectivity index (χ4n) is 2.66. The maximum atomic E-state index is 12.4. The third kappa shape index (κ3) is 3.03. The van der Waals surface area contributed by atoms with Crippen LogP contribution in [0.2, 0.25) is 0 Å². The minimum atomic E-state index is -0.661. The Morgan fingerprint density at radius 3 is 2.58 bits per heavy atom. The molecule has 3 aromatic rings. The number of rotatable bonds is 4. The number of aromatic nitrogens is 2. The van der Waals surface area contributed by atoms with Crippen LogP contribution in [0.15, 0.2) is 48.5 Å². The van der Waals surface area contributed by atoms with Crippen molar-refractivity contribution in [3.05, 3.63) is 59.9 Å². The van der Waals surface area contributed by atoms with E-state index in [9.17, 15) is 9.90 Å². The summed E-state index contributed by atoms with van der Waals surface area (Å²) >= 11 is 0. The number of amides is 1. The number of nitrogens with one attached hydrogen (secondary N) is 1. The van der Waals surface area contributed by atoms with Gasteiger partial charge in [0.25, 0.3) is 5.91 Å². The van der Waals surface area contributed by atoms with E-state index in [4.69, 9.17) is 0 Å². The number of carbonyl (C=O) groups excluding carboxylic acids is 1. The summed E-state index contributed by atoms with van der Waals surface area (Å²) in [4.78, 5) is 17.0. The lowest BCUT2D eigenvalue weighted by Gasteiger charge is -2.23. The van der Waals surface area contributed by atoms with Crippen LogP contribution in [0.3, 0.4) is 0 Å². The Morgan fingerprint density at radius 2 is 1.92 bits per heavy atom. The van der Waals surface area contributed by atoms with Crippen LogP contribution in [0.5, 0.6) is 0 Å². The van der Waals surface area contributed by atoms with Crippen molar-refractivity contribution in [2.24, 2.45) is 0 Å². The zero-order valence-electron chi connectivity index (χ0n) is 14.1. The maximum absolute atomic E-state index is 12.4. The molecule has 0 spiro atoms. The number of fused-ring (bicyclic) bond motifs is 1. The van der Waals surface area contributed by atoms with Gasteiger partial charge < -0.3 is 10.4 Å². The van der Waals surface area contributed by atoms with Crippen LogP contribution in [-0.4, -0.2) is 32.7 Å². The van der Waals surface area contributed by atoms with Gasteiger partial charge in [-0.15, -0.1) is 0 Å². The van der Waals surface area contributed by atoms with E-state index in [0.717, 1.165) is 22.5 Å². The van der Waals surface area contributed by atoms with E-state index in [-0.39, 0.29) is 12.5 Å². The van der Waals surface area contributed by atoms with Crippen molar-refractivity contribution in [1.29, 1.82) is 0 Å². The summed E-state index contributed by atoms with van der Waals surface area (Å²) in [6, 6.07) is 15.5. The number of aliphatic hydroxyl groups is 1. The summed E-state index contributed by atoms with van der Waals surface area (Å²) in [6.45, 7) is 5.37. The van der Waals surface area contributed by atoms with E-state index in [0.29, 0.717) is 5.56 Å². The largest absolute Gasteiger partial charge is 0.394 e. The smallest absolute Gasteiger partial charge is 0.251 e. The first-order chi connectivity index (χ1) is 11.4. The molecule has 0 aliphatic heterocycles. The molecule has 5 heteroatoms. The molecule has 3 rings (SSSR count). The molecule has 2 aromatic carbocycles. The average Bonchev–Trinajstić information content (AvgIpc) is 2.90. The number of para-hydroxylation sites is 1. The van der Waals surface area contributed by atoms with Crippen molar-refractivity contribution in [2.45, 2.75) is 26.3 Å². The van der Waals surface area contributed by atoms with Crippen LogP contribution >= 0.6 is 0 Å². The lowest BCUT2D eigenvalue weighted by molar-refractivity contribution is 0.0869. The number of benzene rings is 2. The summed E-state index contributed by atoms with van der Waals surface area (Å²) in [5, 5.41) is 12.1. The second kappa shape index (κ2) is 6.09. The first-order valence-electron chi connectivity index (χ1n) is 7.89. The monoisotopic (exact) mass is 323 g/mol. The number of aliphatic hydroxyl groups excluding tert-OH is 1. The second-order valence-corrected chi connectivity index (χ2v) is 6.53. The molecule has 0 unspecified atom stereocenters. The van der Waals surface area contributed by atoms with E-state index in [2.05, 4.69) is 14.9 Å². The van der Waals surface area contributed by atoms with E-state index >= 15 is 0 Å². The van der Waals surface area contributed by atoms with Crippen molar-refractivity contribution in [3.63, 3.8) is 0 Å². The zero-order valence-corrected chi connectivity index (χ0v) is 14.1. The van der Waals surface area contributed by atoms with Gasteiger partial charge in [-0.05, 0) is 51.1 Å². The van der Waals surface area contributed by atoms with Gasteiger partial charge in [0, 0.05) is 11.3 Å². The summed E-state index contributed by atoms with van der Waals surface area (Å²) < 4.78 is 2.06. The van der Waals surface area contributed by atoms with Crippen molar-refractivity contribution in [3.8, 4) is 5.69 Å². The SMILES string of the molecule is Cc1nc2cc(C(=O)NC(C)(C)CO)ccc2n1-c1ccccc1. The molecule has 0 aliphatic rings. The summed E-state index contributed by atoms with van der Waals surface area (Å²) in [6.07, 6.45) is 0. The maximum Gasteiger partial charge on any atom is 0.251 e. The number of nitrogens with zero attached hydrogens (tertiary/aromatic N) is 2. The minimum absolute atomic E-state index is 0.122. The first kappa shape index (κ1) is 16.2. The Hall–Kier alpha value is -2.66. The van der Waals surface area contributed by atoms with E-state index in [1.807, 2.05) is 43.3 Å². The third-order valence-corrected chi connectivity index (χ3v) is 3.95. The average molecular weight is 323 g/mol. The fraction of sp³-hybridized carbons (Fsp3) is 0.263. The minimum Gasteiger partial charge on any atom is -0.394 e. The molecule has 0 fully saturated rings. The van der Waals surface area contributed by atoms with Gasteiger partial charge >= 0.3 is 0 Å². The zero-order chi connectivity index (χ0) is 17.3. The molecule has 1 aromatic heterocycles. The molecular formula is C19H21N3O2. The number of carbonyl (C=O) groups is 1. The highest BCUT2D eigenvalue weighted by molar-refractivity contribution is 5.98. The van der Waals surface area contributed by atoms with Crippen LogP contribution in [0.4, 0.5) is 0 Å². The summed E-state index contributed by atoms with van der Waals surface area (Å²) in [5.41, 5.74) is 2.63. The van der Waals surface area contributed by atoms with Gasteiger partial charge in [-0.25, -0.2) is 4.98 Å². The van der Waals surface area contributed by atoms with Crippen LogP contribution < -0.4 is 5.32 Å². The molecule has 2 N–H and O–H groups in total. The van der Waals surface area contributed by atoms with Crippen LogP contribution in [-0.2, 0) is 0 Å². The topological polar surface area (TPSA) is 67.2 Å². The van der Waals surface area contributed by atoms with Crippen molar-refractivity contribution >= 4 is 16.9 Å². The molecular weight excluding hydrogens is 302 g/mol. The molecule has 0 saturated carbocycles. The standard InChI is InChI=1S/C19H21N3O2/c1-13-20-16-11-14(18(24)21-19(2,3)12-23)9-10-17(16)22(13)15-7-5-4-6-8-15/h4-11,23H,12H2,1-3H3,(H,21,24). The molecule has 0 aliphatic carbocycles. The Morgan fingerprint density at radius 1 is 1.21 bits per heavy atom. The van der Waals surface area contributed by atoms with E-state index < -0.39 is 5.54 Å². The quantitative estimate of drug-likeness (QED) is 0.776. The van der Waals surface area contributed by atoms with Gasteiger partial charge in [-0.1, -0.05) is 18.2 Å². The Labute approximate surface area is 141 Å². The molecule has 24 heavy (non-hydrogen) atoms. The number of imidazole rings is 1. The molecule has 1 amide bonds. The van der Waals surface area contributed by atoms with Crippen LogP contribution in [0, 0.1) is 6.92 Å². The van der Waals surface area contributed by atoms with Gasteiger partial charge in [0.2, 0.25) is 0 Å². The highest BCUT2D eigenvalue weighted by Crippen LogP contribution is 2.22. The summed E-state index contributed by atoms with van der Waals surface area (Å²) in [5.74, 6) is 0.646. The summed E-state index contributed by atoms with van der Waals surface area (Å²) in [7, 11) is 0. The highest BCUT2D eigenvalue weighted by Gasteiger charge is 2.20. The predicted molar refractivity (Wildman–Crippen MR) is 94.4 cm³/mol. The van der Waals surface area contributed by atoms with Crippen molar-refractivity contribution < 1.29 is 9.90 Å². The van der Waals surface area contributed by atoms with Gasteiger partial charge in [-0.3, -0.25) is 9.36 Å². The Balaban J connectivity index is 2.01. The lowest BCUT2D eigenvalue weighted by atomic mass is 10.1. The highest BCUT2D eigenvalue weighted by atomic mass is 16.3. The fourth-order valence-corrected chi connectivity index (χ4v) is 2.66. The molecule has 0 saturated heterocycles. The molecule has 5 nitrogen and oxygen atoms in total. The molecule has 124 valence electrons. The number of hydrogen-bond acceptors (Lipinski definition) is 3. The first-order valence-corrected chi connectivity index (χ1v) is 7.89. The van der Waals surface area contributed by atoms with E-state index in [1.54, 1.807) is 26.0 Å². The van der Waals surface area contributed by atoms with Crippen molar-refractivity contribution in [2.75, 3.05) is 6.61 Å². The molecule has 0 radical (unpaired) electrons. The second-order valence-electron chi connectivity index (χ2n) is 6.53. The molecule has 0 bridgehead atoms. The van der Waals surface area contributed by atoms with Gasteiger partial charge in [0.15, 0.2) is 0 Å². The Bertz CT molecular complexity index is 882. The van der Waals surface area contributed by atoms with Crippen LogP contribution in [0.25, 0.3) is 16.7 Å². The van der Waals surface area contributed by atoms with E-state index in [1.165, 1.54) is 0 Å². The molecule has 1 heterocycles. The number of aryl methyl sites for hydroxylation is 1. The van der Waals surface area contributed by atoms with Crippen LogP contribution in [0.1, 0.15) is 30.0 Å². The van der Waals surface area contributed by atoms with Crippen molar-refractivity contribution in [1.82, 2.24) is 14.9 Å². The Kier molecular flexibility index (Phi) is 4.11. The van der Waals surface area contributed by atoms with Gasteiger partial charge in [0.1, 0.15) is 5.82 Å². The van der Waals surface area contributed by atoms with Gasteiger partial charge in [0.05, 0.1) is 23.2 Å². The normalized spacial score (nSPS) is 11.7. The lowest BCUT2D eigenvalue weighted by Crippen LogP contribution is -2.46.